The van der Waals surface area contributed by atoms with Gasteiger partial charge in [-0.25, -0.2) is 4.79 Å². The highest BCUT2D eigenvalue weighted by atomic mass is 16.5. The van der Waals surface area contributed by atoms with Gasteiger partial charge in [-0.15, -0.1) is 0 Å². The van der Waals surface area contributed by atoms with Crippen molar-refractivity contribution >= 4 is 40.1 Å². The first-order chi connectivity index (χ1) is 15.3. The Balaban J connectivity index is 2.32. The number of benzene rings is 2. The number of hydrogen-bond donors (Lipinski definition) is 3. The third-order valence-electron chi connectivity index (χ3n) is 5.04. The van der Waals surface area contributed by atoms with E-state index in [4.69, 9.17) is 9.47 Å². The maximum absolute atomic E-state index is 12.3. The molecule has 3 aromatic rings. The van der Waals surface area contributed by atoms with Crippen LogP contribution in [0, 0.1) is 0 Å². The first-order valence-electron chi connectivity index (χ1n) is 9.72. The number of pyridine rings is 1. The van der Waals surface area contributed by atoms with Crippen LogP contribution >= 0.6 is 0 Å². The minimum Gasteiger partial charge on any atom is -0.497 e. The lowest BCUT2D eigenvalue weighted by atomic mass is 9.96. The standard InChI is InChI=1S/C23H23N3O6/c1-12(23(30)32-4)19-18(22(28)29)20(25-14-6-8-15(31-3)9-7-14)16-11-13(21(27)24-2)5-10-17(16)26-19/h5-12H,1-4H3,(H,24,27)(H,25,26)(H,28,29). The van der Waals surface area contributed by atoms with Crippen LogP contribution in [0.4, 0.5) is 11.4 Å². The second-order valence-corrected chi connectivity index (χ2v) is 6.96. The maximum atomic E-state index is 12.3. The fourth-order valence-electron chi connectivity index (χ4n) is 3.33. The van der Waals surface area contributed by atoms with Crippen LogP contribution in [0.3, 0.4) is 0 Å². The Bertz CT molecular complexity index is 1190. The number of nitrogens with zero attached hydrogens (tertiary/aromatic N) is 1. The van der Waals surface area contributed by atoms with E-state index in [9.17, 15) is 19.5 Å². The van der Waals surface area contributed by atoms with Crippen LogP contribution in [-0.4, -0.2) is 49.2 Å². The highest BCUT2D eigenvalue weighted by molar-refractivity contribution is 6.09. The second kappa shape index (κ2) is 9.34. The number of aromatic nitrogens is 1. The lowest BCUT2D eigenvalue weighted by Gasteiger charge is -2.19. The van der Waals surface area contributed by atoms with Crippen molar-refractivity contribution in [2.75, 3.05) is 26.6 Å². The van der Waals surface area contributed by atoms with E-state index in [1.165, 1.54) is 21.1 Å². The molecule has 3 rings (SSSR count). The SMILES string of the molecule is CNC(=O)c1ccc2nc(C(C)C(=O)OC)c(C(=O)O)c(Nc3ccc(OC)cc3)c2c1. The number of amides is 1. The molecule has 0 bridgehead atoms. The molecule has 1 heterocycles. The number of carboxylic acid groups (broad SMARTS) is 1. The number of anilines is 2. The smallest absolute Gasteiger partial charge is 0.339 e. The van der Waals surface area contributed by atoms with Crippen molar-refractivity contribution in [3.05, 3.63) is 59.3 Å². The van der Waals surface area contributed by atoms with Gasteiger partial charge >= 0.3 is 11.9 Å². The molecule has 9 heteroatoms. The van der Waals surface area contributed by atoms with E-state index in [0.717, 1.165) is 0 Å². The molecule has 1 amide bonds. The summed E-state index contributed by atoms with van der Waals surface area (Å²) in [5, 5.41) is 16.2. The third kappa shape index (κ3) is 4.31. The Labute approximate surface area is 184 Å². The lowest BCUT2D eigenvalue weighted by Crippen LogP contribution is -2.19. The van der Waals surface area contributed by atoms with Crippen LogP contribution in [0.5, 0.6) is 5.75 Å². The minimum absolute atomic E-state index is 0.0561. The summed E-state index contributed by atoms with van der Waals surface area (Å²) in [5.41, 5.74) is 1.43. The molecule has 0 aliphatic carbocycles. The van der Waals surface area contributed by atoms with E-state index in [1.54, 1.807) is 49.6 Å². The number of aromatic carboxylic acids is 1. The van der Waals surface area contributed by atoms with Gasteiger partial charge in [0.15, 0.2) is 0 Å². The quantitative estimate of drug-likeness (QED) is 0.481. The number of carboxylic acids is 1. The molecular formula is C23H23N3O6. The Morgan fingerprint density at radius 3 is 2.31 bits per heavy atom. The van der Waals surface area contributed by atoms with Gasteiger partial charge in [-0.05, 0) is 49.4 Å². The Kier molecular flexibility index (Phi) is 6.58. The molecule has 2 aromatic carbocycles. The van der Waals surface area contributed by atoms with Crippen molar-refractivity contribution in [2.45, 2.75) is 12.8 Å². The van der Waals surface area contributed by atoms with Crippen LogP contribution < -0.4 is 15.4 Å². The van der Waals surface area contributed by atoms with Crippen molar-refractivity contribution in [3.8, 4) is 5.75 Å². The predicted molar refractivity (Wildman–Crippen MR) is 119 cm³/mol. The summed E-state index contributed by atoms with van der Waals surface area (Å²) in [4.78, 5) is 41.2. The molecule has 0 spiro atoms. The molecule has 1 atom stereocenters. The van der Waals surface area contributed by atoms with Gasteiger partial charge in [0.1, 0.15) is 11.3 Å². The number of carbonyl (C=O) groups excluding carboxylic acids is 2. The van der Waals surface area contributed by atoms with E-state index in [1.807, 2.05) is 0 Å². The number of nitrogens with one attached hydrogen (secondary N) is 2. The molecule has 0 fully saturated rings. The first-order valence-corrected chi connectivity index (χ1v) is 9.72. The van der Waals surface area contributed by atoms with E-state index in [2.05, 4.69) is 15.6 Å². The summed E-state index contributed by atoms with van der Waals surface area (Å²) in [6.45, 7) is 1.53. The topological polar surface area (TPSA) is 127 Å². The van der Waals surface area contributed by atoms with E-state index in [0.29, 0.717) is 27.9 Å². The van der Waals surface area contributed by atoms with Crippen molar-refractivity contribution in [1.29, 1.82) is 0 Å². The number of carbonyl (C=O) groups is 3. The first kappa shape index (κ1) is 22.5. The van der Waals surface area contributed by atoms with Crippen LogP contribution in [-0.2, 0) is 9.53 Å². The molecule has 0 saturated carbocycles. The summed E-state index contributed by atoms with van der Waals surface area (Å²) >= 11 is 0. The van der Waals surface area contributed by atoms with Gasteiger partial charge in [0, 0.05) is 23.7 Å². The number of ether oxygens (including phenoxy) is 2. The van der Waals surface area contributed by atoms with Gasteiger partial charge in [-0.1, -0.05) is 0 Å². The fraction of sp³-hybridized carbons (Fsp3) is 0.217. The zero-order valence-corrected chi connectivity index (χ0v) is 18.1. The molecule has 32 heavy (non-hydrogen) atoms. The maximum Gasteiger partial charge on any atom is 0.339 e. The van der Waals surface area contributed by atoms with Crippen molar-refractivity contribution in [2.24, 2.45) is 0 Å². The van der Waals surface area contributed by atoms with Crippen molar-refractivity contribution < 1.29 is 29.0 Å². The molecule has 1 aromatic heterocycles. The number of fused-ring (bicyclic) bond motifs is 1. The van der Waals surface area contributed by atoms with Gasteiger partial charge in [0.25, 0.3) is 5.91 Å². The number of hydrogen-bond acceptors (Lipinski definition) is 7. The van der Waals surface area contributed by atoms with Crippen LogP contribution in [0.25, 0.3) is 10.9 Å². The normalized spacial score (nSPS) is 11.5. The van der Waals surface area contributed by atoms with Gasteiger partial charge < -0.3 is 25.2 Å². The Morgan fingerprint density at radius 1 is 1.06 bits per heavy atom. The van der Waals surface area contributed by atoms with E-state index in [-0.39, 0.29) is 22.9 Å². The van der Waals surface area contributed by atoms with Gasteiger partial charge in [0.2, 0.25) is 0 Å². The molecule has 0 saturated heterocycles. The highest BCUT2D eigenvalue weighted by Crippen LogP contribution is 2.35. The average molecular weight is 437 g/mol. The van der Waals surface area contributed by atoms with Gasteiger partial charge in [-0.2, -0.15) is 0 Å². The molecule has 0 aliphatic heterocycles. The van der Waals surface area contributed by atoms with Crippen LogP contribution in [0.15, 0.2) is 42.5 Å². The van der Waals surface area contributed by atoms with Crippen LogP contribution in [0.1, 0.15) is 39.3 Å². The monoisotopic (exact) mass is 437 g/mol. The number of methoxy groups -OCH3 is 2. The molecule has 1 unspecified atom stereocenters. The molecule has 166 valence electrons. The van der Waals surface area contributed by atoms with Crippen molar-refractivity contribution in [3.63, 3.8) is 0 Å². The van der Waals surface area contributed by atoms with Crippen LogP contribution in [0.2, 0.25) is 0 Å². The molecule has 0 radical (unpaired) electrons. The Hall–Kier alpha value is -4.14. The summed E-state index contributed by atoms with van der Waals surface area (Å²) < 4.78 is 9.97. The Morgan fingerprint density at radius 2 is 1.75 bits per heavy atom. The average Bonchev–Trinajstić information content (AvgIpc) is 2.82. The molecular weight excluding hydrogens is 414 g/mol. The van der Waals surface area contributed by atoms with Gasteiger partial charge in [-0.3, -0.25) is 14.6 Å². The second-order valence-electron chi connectivity index (χ2n) is 6.96. The van der Waals surface area contributed by atoms with Gasteiger partial charge in [0.05, 0.1) is 37.0 Å². The summed E-state index contributed by atoms with van der Waals surface area (Å²) in [6, 6.07) is 11.6. The largest absolute Gasteiger partial charge is 0.497 e. The van der Waals surface area contributed by atoms with E-state index >= 15 is 0 Å². The summed E-state index contributed by atoms with van der Waals surface area (Å²) in [6.07, 6.45) is 0. The summed E-state index contributed by atoms with van der Waals surface area (Å²) in [5.74, 6) is -2.50. The van der Waals surface area contributed by atoms with E-state index < -0.39 is 17.9 Å². The molecule has 0 aliphatic rings. The minimum atomic E-state index is -1.27. The molecule has 9 nitrogen and oxygen atoms in total. The number of esters is 1. The molecule has 3 N–H and O–H groups in total. The predicted octanol–water partition coefficient (Wildman–Crippen LogP) is 3.32. The summed E-state index contributed by atoms with van der Waals surface area (Å²) in [7, 11) is 4.28. The fourth-order valence-corrected chi connectivity index (χ4v) is 3.33. The number of rotatable bonds is 7. The van der Waals surface area contributed by atoms with Crippen molar-refractivity contribution in [1.82, 2.24) is 10.3 Å². The lowest BCUT2D eigenvalue weighted by molar-refractivity contribution is -0.142. The third-order valence-corrected chi connectivity index (χ3v) is 5.04. The zero-order chi connectivity index (χ0) is 23.4. The highest BCUT2D eigenvalue weighted by Gasteiger charge is 2.29. The zero-order valence-electron chi connectivity index (χ0n) is 18.1.